The van der Waals surface area contributed by atoms with E-state index >= 15 is 0 Å². The number of hydrogen-bond acceptors (Lipinski definition) is 0. The van der Waals surface area contributed by atoms with Crippen molar-refractivity contribution in [1.29, 1.82) is 0 Å². The Morgan fingerprint density at radius 2 is 0.846 bits per heavy atom. The molecule has 2 aliphatic carbocycles. The van der Waals surface area contributed by atoms with Gasteiger partial charge in [-0.15, -0.1) is 68.3 Å². The second-order valence-corrected chi connectivity index (χ2v) is 22.1. The van der Waals surface area contributed by atoms with Gasteiger partial charge in [0.05, 0.1) is 8.07 Å². The van der Waals surface area contributed by atoms with E-state index in [4.69, 9.17) is 0 Å². The van der Waals surface area contributed by atoms with Gasteiger partial charge in [-0.3, -0.25) is 0 Å². The van der Waals surface area contributed by atoms with Gasteiger partial charge < -0.3 is 14.9 Å². The predicted octanol–water partition coefficient (Wildman–Crippen LogP) is 13.7. The van der Waals surface area contributed by atoms with Crippen molar-refractivity contribution in [3.05, 3.63) is 135 Å². The van der Waals surface area contributed by atoms with Gasteiger partial charge >= 0.3 is 25.8 Å². The van der Waals surface area contributed by atoms with Crippen LogP contribution in [0, 0.1) is 14.9 Å². The van der Waals surface area contributed by atoms with Gasteiger partial charge in [-0.1, -0.05) is 165 Å². The molecule has 0 saturated heterocycles. The quantitative estimate of drug-likeness (QED) is 0.116. The van der Waals surface area contributed by atoms with Gasteiger partial charge in [0.1, 0.15) is 0 Å². The Labute approximate surface area is 336 Å². The average molecular weight is 868 g/mol. The molecule has 2 fully saturated rings. The second kappa shape index (κ2) is 15.5. The molecular weight excluding hydrogens is 807 g/mol. The summed E-state index contributed by atoms with van der Waals surface area (Å²) in [5.74, 6) is 0. The van der Waals surface area contributed by atoms with Gasteiger partial charge in [-0.2, -0.15) is 12.1 Å². The van der Waals surface area contributed by atoms with Crippen LogP contribution in [0.15, 0.2) is 109 Å². The summed E-state index contributed by atoms with van der Waals surface area (Å²) in [6, 6.07) is 43.7. The first-order valence-corrected chi connectivity index (χ1v) is 21.3. The number of rotatable bonds is 6. The zero-order valence-electron chi connectivity index (χ0n) is 33.2. The molecule has 0 nitrogen and oxygen atoms in total. The van der Waals surface area contributed by atoms with Crippen molar-refractivity contribution in [2.45, 2.75) is 115 Å². The summed E-state index contributed by atoms with van der Waals surface area (Å²) in [5, 5.41) is 9.18. The Bertz CT molecular complexity index is 1930. The topological polar surface area (TPSA) is 0 Å². The fraction of sp³-hybridized carbons (Fsp3) is 0.360. The fourth-order valence-corrected chi connectivity index (χ4v) is 17.0. The summed E-state index contributed by atoms with van der Waals surface area (Å²) < 4.78 is 0. The molecule has 0 spiro atoms. The number of fused-ring (bicyclic) bond motifs is 2. The number of benzene rings is 4. The monoisotopic (exact) mass is 868 g/mol. The molecule has 0 unspecified atom stereocenters. The molecule has 0 amide bonds. The van der Waals surface area contributed by atoms with Gasteiger partial charge in [0.15, 0.2) is 0 Å². The van der Waals surface area contributed by atoms with E-state index in [0.717, 1.165) is 11.1 Å². The van der Waals surface area contributed by atoms with E-state index in [1.807, 2.05) is 0 Å². The maximum atomic E-state index is 2.70. The van der Waals surface area contributed by atoms with Crippen LogP contribution in [0.5, 0.6) is 0 Å². The van der Waals surface area contributed by atoms with Crippen molar-refractivity contribution in [3.8, 4) is 22.3 Å². The summed E-state index contributed by atoms with van der Waals surface area (Å²) in [6.45, 7) is 13.8. The van der Waals surface area contributed by atoms with Crippen LogP contribution in [0.25, 0.3) is 43.8 Å². The molecule has 2 heteroatoms. The van der Waals surface area contributed by atoms with Crippen LogP contribution >= 0.6 is 0 Å². The van der Waals surface area contributed by atoms with Crippen molar-refractivity contribution in [2.24, 2.45) is 0 Å². The molecule has 0 aromatic heterocycles. The summed E-state index contributed by atoms with van der Waals surface area (Å²) in [7, 11) is -2.16. The third kappa shape index (κ3) is 7.09. The molecule has 0 radical (unpaired) electrons. The van der Waals surface area contributed by atoms with Gasteiger partial charge in [0, 0.05) is 0 Å². The summed E-state index contributed by atoms with van der Waals surface area (Å²) in [5.41, 5.74) is 10.2. The van der Waals surface area contributed by atoms with Crippen LogP contribution in [0.4, 0.5) is 0 Å². The van der Waals surface area contributed by atoms with Crippen molar-refractivity contribution in [3.63, 3.8) is 0 Å². The molecular formula is C50H60HfSi. The second-order valence-electron chi connectivity index (χ2n) is 17.6. The molecule has 0 aliphatic heterocycles. The average Bonchev–Trinajstić information content (AvgIpc) is 3.92. The molecule has 0 heterocycles. The van der Waals surface area contributed by atoms with Gasteiger partial charge in [-0.05, 0) is 44.2 Å². The summed E-state index contributed by atoms with van der Waals surface area (Å²) in [4.78, 5) is 0. The van der Waals surface area contributed by atoms with E-state index in [0.29, 0.717) is 0 Å². The minimum absolute atomic E-state index is 0. The Balaban J connectivity index is 0.00000174. The first-order valence-electron chi connectivity index (χ1n) is 19.2. The maximum Gasteiger partial charge on any atom is 4.00 e. The Morgan fingerprint density at radius 1 is 0.500 bits per heavy atom. The predicted molar refractivity (Wildman–Crippen MR) is 230 cm³/mol. The molecule has 8 rings (SSSR count). The largest absolute Gasteiger partial charge is 4.00 e. The van der Waals surface area contributed by atoms with Gasteiger partial charge in [0.2, 0.25) is 0 Å². The SMILES string of the molecule is CC(C)(C)c1ccc(-c2cccc3[cH-]c([Si](c4cc5c(-c6ccc(C(C)(C)C)cc6)cccc5[cH-]4)(C4CCCC4)C4CCCC4)cc23)cc1.[CH3-].[CH3-].[Hf+4]. The van der Waals surface area contributed by atoms with E-state index in [9.17, 15) is 0 Å². The van der Waals surface area contributed by atoms with E-state index in [2.05, 4.69) is 151 Å². The van der Waals surface area contributed by atoms with Crippen molar-refractivity contribution in [1.82, 2.24) is 0 Å². The smallest absolute Gasteiger partial charge is 0.358 e. The fourth-order valence-electron chi connectivity index (χ4n) is 9.96. The molecule has 0 atom stereocenters. The zero-order valence-corrected chi connectivity index (χ0v) is 37.8. The number of hydrogen-bond donors (Lipinski definition) is 0. The summed E-state index contributed by atoms with van der Waals surface area (Å²) >= 11 is 0. The van der Waals surface area contributed by atoms with Crippen LogP contribution < -0.4 is 10.4 Å². The van der Waals surface area contributed by atoms with E-state index in [-0.39, 0.29) is 51.5 Å². The molecule has 52 heavy (non-hydrogen) atoms. The molecule has 0 N–H and O–H groups in total. The van der Waals surface area contributed by atoms with E-state index in [1.165, 1.54) is 106 Å². The van der Waals surface area contributed by atoms with Crippen LogP contribution in [0.1, 0.15) is 104 Å². The third-order valence-corrected chi connectivity index (χ3v) is 18.8. The summed E-state index contributed by atoms with van der Waals surface area (Å²) in [6.07, 6.45) is 11.2. The standard InChI is InChI=1S/C48H54Si.2CH3.Hf/c1-47(2,3)37-25-21-33(22-26-37)43-19-11-13-35-29-41(31-45(35)43)49(39-15-7-8-16-39,40-17-9-10-18-40)42-30-36-14-12-20-44(46(36)32-42)34-23-27-38(28-24-34)48(4,5)6;;;/h11-14,19-32,39-40H,7-10,15-18H2,1-6H3;2*1H3;/q-2;2*-1;+4. The van der Waals surface area contributed by atoms with Crippen LogP contribution in [-0.4, -0.2) is 8.07 Å². The van der Waals surface area contributed by atoms with Crippen molar-refractivity contribution in [2.75, 3.05) is 0 Å². The zero-order chi connectivity index (χ0) is 34.0. The van der Waals surface area contributed by atoms with Crippen LogP contribution in [0.3, 0.4) is 0 Å². The Morgan fingerprint density at radius 3 is 1.17 bits per heavy atom. The molecule has 0 bridgehead atoms. The molecule has 2 aliphatic rings. The molecule has 268 valence electrons. The molecule has 2 saturated carbocycles. The normalized spacial score (nSPS) is 15.8. The third-order valence-electron chi connectivity index (χ3n) is 12.6. The van der Waals surface area contributed by atoms with Crippen molar-refractivity contribution >= 4 is 40.0 Å². The van der Waals surface area contributed by atoms with Crippen LogP contribution in [-0.2, 0) is 36.7 Å². The van der Waals surface area contributed by atoms with E-state index < -0.39 is 8.07 Å². The minimum atomic E-state index is -2.16. The van der Waals surface area contributed by atoms with Crippen LogP contribution in [0.2, 0.25) is 11.1 Å². The van der Waals surface area contributed by atoms with E-state index in [1.54, 1.807) is 10.4 Å². The molecule has 6 aromatic rings. The molecule has 6 aromatic carbocycles. The van der Waals surface area contributed by atoms with Gasteiger partial charge in [-0.25, -0.2) is 0 Å². The minimum Gasteiger partial charge on any atom is -0.358 e. The Hall–Kier alpha value is -2.81. The first-order chi connectivity index (χ1) is 23.5. The van der Waals surface area contributed by atoms with Crippen molar-refractivity contribution < 1.29 is 25.8 Å². The Kier molecular flexibility index (Phi) is 12.0. The first kappa shape index (κ1) is 40.4. The van der Waals surface area contributed by atoms with Gasteiger partial charge in [0.25, 0.3) is 0 Å². The maximum absolute atomic E-state index is 2.70.